The van der Waals surface area contributed by atoms with E-state index < -0.39 is 0 Å². The minimum absolute atomic E-state index is 0.0114. The second-order valence-electron chi connectivity index (χ2n) is 8.19. The summed E-state index contributed by atoms with van der Waals surface area (Å²) >= 11 is 1.38. The van der Waals surface area contributed by atoms with Gasteiger partial charge in [-0.15, -0.1) is 0 Å². The zero-order valence-electron chi connectivity index (χ0n) is 16.5. The van der Waals surface area contributed by atoms with Crippen LogP contribution in [0.1, 0.15) is 52.9 Å². The van der Waals surface area contributed by atoms with Crippen LogP contribution in [0.4, 0.5) is 0 Å². The van der Waals surface area contributed by atoms with Gasteiger partial charge in [0.1, 0.15) is 5.78 Å². The first-order valence-electron chi connectivity index (χ1n) is 9.70. The molecule has 0 spiro atoms. The number of carbonyl (C=O) groups is 1. The van der Waals surface area contributed by atoms with Crippen molar-refractivity contribution in [3.05, 3.63) is 46.3 Å². The lowest BCUT2D eigenvalue weighted by atomic mass is 9.92. The van der Waals surface area contributed by atoms with E-state index in [9.17, 15) is 9.59 Å². The van der Waals surface area contributed by atoms with Crippen molar-refractivity contribution in [2.45, 2.75) is 64.6 Å². The normalized spacial score (nSPS) is 15.0. The van der Waals surface area contributed by atoms with Crippen molar-refractivity contribution in [1.29, 1.82) is 0 Å². The van der Waals surface area contributed by atoms with Crippen molar-refractivity contribution in [3.63, 3.8) is 0 Å². The lowest BCUT2D eigenvalue weighted by molar-refractivity contribution is -0.123. The molecule has 0 fully saturated rings. The molecule has 1 aliphatic rings. The summed E-state index contributed by atoms with van der Waals surface area (Å²) in [6, 6.07) is 7.45. The van der Waals surface area contributed by atoms with Crippen molar-refractivity contribution in [2.75, 3.05) is 5.75 Å². The Balaban J connectivity index is 1.90. The van der Waals surface area contributed by atoms with E-state index in [0.29, 0.717) is 28.4 Å². The van der Waals surface area contributed by atoms with Gasteiger partial charge < -0.3 is 0 Å². The Kier molecular flexibility index (Phi) is 6.20. The number of hydrogen-bond acceptors (Lipinski definition) is 4. The molecule has 3 rings (SSSR count). The number of hydrogen-bond donors (Lipinski definition) is 0. The van der Waals surface area contributed by atoms with Crippen molar-refractivity contribution in [1.82, 2.24) is 9.55 Å². The molecule has 144 valence electrons. The Morgan fingerprint density at radius 3 is 2.70 bits per heavy atom. The number of ketones is 1. The van der Waals surface area contributed by atoms with Crippen LogP contribution in [0.25, 0.3) is 10.9 Å². The molecule has 1 heterocycles. The molecule has 1 aromatic carbocycles. The average Bonchev–Trinajstić information content (AvgIpc) is 2.65. The Morgan fingerprint density at radius 2 is 2.00 bits per heavy atom. The summed E-state index contributed by atoms with van der Waals surface area (Å²) in [5, 5.41) is 1.29. The third-order valence-corrected chi connectivity index (χ3v) is 6.01. The summed E-state index contributed by atoms with van der Waals surface area (Å²) < 4.78 is 1.76. The van der Waals surface area contributed by atoms with Crippen LogP contribution >= 0.6 is 11.8 Å². The molecular formula is C22H28N2O2S. The van der Waals surface area contributed by atoms with Crippen LogP contribution in [-0.2, 0) is 11.3 Å². The second-order valence-corrected chi connectivity index (χ2v) is 9.13. The van der Waals surface area contributed by atoms with Crippen LogP contribution < -0.4 is 5.56 Å². The Morgan fingerprint density at radius 1 is 1.22 bits per heavy atom. The van der Waals surface area contributed by atoms with Gasteiger partial charge in [0, 0.05) is 12.0 Å². The standard InChI is InChI=1S/C22H28N2O2S/c1-22(2,3)19(25)15-27-21-23-18-12-8-7-11-17(18)20(26)24(21)14-13-16-9-5-4-6-10-16/h7-9,11-12H,4-6,10,13-15H2,1-3H3. The molecule has 5 heteroatoms. The molecule has 0 saturated heterocycles. The van der Waals surface area contributed by atoms with Gasteiger partial charge in [0.25, 0.3) is 5.56 Å². The molecule has 0 saturated carbocycles. The highest BCUT2D eigenvalue weighted by Gasteiger charge is 2.22. The van der Waals surface area contributed by atoms with E-state index in [1.54, 1.807) is 4.57 Å². The molecule has 0 radical (unpaired) electrons. The van der Waals surface area contributed by atoms with E-state index in [4.69, 9.17) is 4.98 Å². The van der Waals surface area contributed by atoms with Gasteiger partial charge >= 0.3 is 0 Å². The third-order valence-electron chi connectivity index (χ3n) is 5.04. The number of thioether (sulfide) groups is 1. The van der Waals surface area contributed by atoms with Crippen LogP contribution in [-0.4, -0.2) is 21.1 Å². The summed E-state index contributed by atoms with van der Waals surface area (Å²) in [6.07, 6.45) is 7.96. The summed E-state index contributed by atoms with van der Waals surface area (Å²) in [6.45, 7) is 6.39. The third kappa shape index (κ3) is 4.89. The zero-order chi connectivity index (χ0) is 19.4. The van der Waals surface area contributed by atoms with Gasteiger partial charge in [-0.25, -0.2) is 4.98 Å². The lowest BCUT2D eigenvalue weighted by Crippen LogP contribution is -2.26. The first-order chi connectivity index (χ1) is 12.9. The predicted molar refractivity (Wildman–Crippen MR) is 112 cm³/mol. The highest BCUT2D eigenvalue weighted by atomic mass is 32.2. The molecule has 1 aromatic heterocycles. The van der Waals surface area contributed by atoms with Crippen molar-refractivity contribution >= 4 is 28.4 Å². The Labute approximate surface area is 165 Å². The fourth-order valence-electron chi connectivity index (χ4n) is 3.19. The molecule has 1 aliphatic carbocycles. The molecule has 0 bridgehead atoms. The number of carbonyl (C=O) groups excluding carboxylic acids is 1. The molecule has 27 heavy (non-hydrogen) atoms. The van der Waals surface area contributed by atoms with Gasteiger partial charge in [0.15, 0.2) is 5.16 Å². The monoisotopic (exact) mass is 384 g/mol. The van der Waals surface area contributed by atoms with Crippen molar-refractivity contribution in [3.8, 4) is 0 Å². The van der Waals surface area contributed by atoms with E-state index in [1.807, 2.05) is 45.0 Å². The summed E-state index contributed by atoms with van der Waals surface area (Å²) in [5.41, 5.74) is 1.73. The molecule has 0 unspecified atom stereocenters. The van der Waals surface area contributed by atoms with Crippen molar-refractivity contribution < 1.29 is 4.79 Å². The van der Waals surface area contributed by atoms with Crippen molar-refractivity contribution in [2.24, 2.45) is 5.41 Å². The molecule has 0 atom stereocenters. The Bertz CT molecular complexity index is 922. The van der Waals surface area contributed by atoms with Gasteiger partial charge in [-0.1, -0.05) is 56.3 Å². The SMILES string of the molecule is CC(C)(C)C(=O)CSc1nc2ccccc2c(=O)n1CCC1=CCCCC1. The summed E-state index contributed by atoms with van der Waals surface area (Å²) in [5.74, 6) is 0.494. The quantitative estimate of drug-likeness (QED) is 0.400. The summed E-state index contributed by atoms with van der Waals surface area (Å²) in [4.78, 5) is 30.1. The smallest absolute Gasteiger partial charge is 0.262 e. The van der Waals surface area contributed by atoms with E-state index in [1.165, 1.54) is 30.2 Å². The minimum Gasteiger partial charge on any atom is -0.298 e. The Hall–Kier alpha value is -1.88. The number of allylic oxidation sites excluding steroid dienone is 2. The topological polar surface area (TPSA) is 52.0 Å². The van der Waals surface area contributed by atoms with Crippen LogP contribution in [0.2, 0.25) is 0 Å². The van der Waals surface area contributed by atoms with Gasteiger partial charge in [-0.3, -0.25) is 14.2 Å². The first-order valence-corrected chi connectivity index (χ1v) is 10.7. The van der Waals surface area contributed by atoms with E-state index >= 15 is 0 Å². The maximum Gasteiger partial charge on any atom is 0.262 e. The number of para-hydroxylation sites is 1. The highest BCUT2D eigenvalue weighted by molar-refractivity contribution is 7.99. The van der Waals surface area contributed by atoms with Crippen LogP contribution in [0.5, 0.6) is 0 Å². The largest absolute Gasteiger partial charge is 0.298 e. The molecular weight excluding hydrogens is 356 g/mol. The number of aromatic nitrogens is 2. The number of rotatable bonds is 6. The van der Waals surface area contributed by atoms with Gasteiger partial charge in [0.05, 0.1) is 16.7 Å². The highest BCUT2D eigenvalue weighted by Crippen LogP contribution is 2.25. The van der Waals surface area contributed by atoms with Gasteiger partial charge in [0.2, 0.25) is 0 Å². The van der Waals surface area contributed by atoms with Gasteiger partial charge in [-0.2, -0.15) is 0 Å². The molecule has 2 aromatic rings. The van der Waals surface area contributed by atoms with Crippen LogP contribution in [0.15, 0.2) is 45.9 Å². The fraction of sp³-hybridized carbons (Fsp3) is 0.500. The number of nitrogens with zero attached hydrogens (tertiary/aromatic N) is 2. The number of Topliss-reactive ketones (excluding diaryl/α,β-unsaturated/α-hetero) is 1. The van der Waals surface area contributed by atoms with Crippen LogP contribution in [0.3, 0.4) is 0 Å². The molecule has 4 nitrogen and oxygen atoms in total. The molecule has 0 aliphatic heterocycles. The summed E-state index contributed by atoms with van der Waals surface area (Å²) in [7, 11) is 0. The van der Waals surface area contributed by atoms with E-state index in [-0.39, 0.29) is 16.8 Å². The number of fused-ring (bicyclic) bond motifs is 1. The molecule has 0 N–H and O–H groups in total. The van der Waals surface area contributed by atoms with Crippen LogP contribution in [0, 0.1) is 5.41 Å². The van der Waals surface area contributed by atoms with E-state index in [2.05, 4.69) is 6.08 Å². The average molecular weight is 385 g/mol. The lowest BCUT2D eigenvalue weighted by Gasteiger charge is -2.18. The fourth-order valence-corrected chi connectivity index (χ4v) is 4.37. The minimum atomic E-state index is -0.387. The molecule has 0 amide bonds. The second kappa shape index (κ2) is 8.42. The number of benzene rings is 1. The van der Waals surface area contributed by atoms with Gasteiger partial charge in [-0.05, 0) is 44.2 Å². The van der Waals surface area contributed by atoms with E-state index in [0.717, 1.165) is 19.3 Å². The predicted octanol–water partition coefficient (Wildman–Crippen LogP) is 4.99. The first kappa shape index (κ1) is 19.9. The maximum atomic E-state index is 13.1. The maximum absolute atomic E-state index is 13.1. The zero-order valence-corrected chi connectivity index (χ0v) is 17.3.